The van der Waals surface area contributed by atoms with E-state index >= 15 is 0 Å². The van der Waals surface area contributed by atoms with Gasteiger partial charge in [0, 0.05) is 32.3 Å². The van der Waals surface area contributed by atoms with Crippen LogP contribution in [0.25, 0.3) is 0 Å². The average Bonchev–Trinajstić information content (AvgIpc) is 2.76. The molecule has 0 fully saturated rings. The standard InChI is InChI=1S/C12H16N4O2/c1-15-8-7-14-12(15)13-6-5-10-3-2-4-11(9-10)16(17)18/h2-4,9H,5-8H2,1H3,(H,13,14). The van der Waals surface area contributed by atoms with Crippen LogP contribution in [0.1, 0.15) is 5.56 Å². The van der Waals surface area contributed by atoms with Crippen molar-refractivity contribution < 1.29 is 4.92 Å². The van der Waals surface area contributed by atoms with E-state index in [2.05, 4.69) is 15.2 Å². The minimum atomic E-state index is -0.369. The van der Waals surface area contributed by atoms with Crippen LogP contribution in [0.5, 0.6) is 0 Å². The van der Waals surface area contributed by atoms with E-state index < -0.39 is 0 Å². The molecule has 0 radical (unpaired) electrons. The second-order valence-corrected chi connectivity index (χ2v) is 4.23. The number of benzene rings is 1. The minimum absolute atomic E-state index is 0.142. The van der Waals surface area contributed by atoms with Gasteiger partial charge < -0.3 is 10.2 Å². The average molecular weight is 248 g/mol. The van der Waals surface area contributed by atoms with Crippen molar-refractivity contribution in [3.8, 4) is 0 Å². The Balaban J connectivity index is 1.86. The highest BCUT2D eigenvalue weighted by Crippen LogP contribution is 2.13. The summed E-state index contributed by atoms with van der Waals surface area (Å²) in [6.07, 6.45) is 0.745. The Morgan fingerprint density at radius 1 is 1.56 bits per heavy atom. The number of nitro benzene ring substituents is 1. The number of likely N-dealkylation sites (N-methyl/N-ethyl adjacent to an activating group) is 1. The molecule has 96 valence electrons. The fraction of sp³-hybridized carbons (Fsp3) is 0.417. The molecule has 0 bridgehead atoms. The second-order valence-electron chi connectivity index (χ2n) is 4.23. The maximum absolute atomic E-state index is 10.6. The molecule has 1 N–H and O–H groups in total. The lowest BCUT2D eigenvalue weighted by atomic mass is 10.1. The van der Waals surface area contributed by atoms with E-state index in [1.54, 1.807) is 12.1 Å². The van der Waals surface area contributed by atoms with Crippen molar-refractivity contribution in [1.29, 1.82) is 0 Å². The zero-order valence-electron chi connectivity index (χ0n) is 10.3. The summed E-state index contributed by atoms with van der Waals surface area (Å²) in [4.78, 5) is 16.7. The van der Waals surface area contributed by atoms with Crippen molar-refractivity contribution in [1.82, 2.24) is 10.2 Å². The van der Waals surface area contributed by atoms with Gasteiger partial charge in [0.25, 0.3) is 5.69 Å². The molecule has 0 atom stereocenters. The SMILES string of the molecule is CN1CCN=C1NCCc1cccc([N+](=O)[O-])c1. The lowest BCUT2D eigenvalue weighted by Crippen LogP contribution is -2.36. The molecule has 1 aliphatic rings. The zero-order chi connectivity index (χ0) is 13.0. The Hall–Kier alpha value is -2.11. The van der Waals surface area contributed by atoms with Crippen LogP contribution in [-0.2, 0) is 6.42 Å². The molecule has 0 aromatic heterocycles. The first kappa shape index (κ1) is 12.3. The predicted molar refractivity (Wildman–Crippen MR) is 69.7 cm³/mol. The molecule has 6 heteroatoms. The largest absolute Gasteiger partial charge is 0.356 e. The molecule has 1 aliphatic heterocycles. The fourth-order valence-electron chi connectivity index (χ4n) is 1.87. The highest BCUT2D eigenvalue weighted by atomic mass is 16.6. The van der Waals surface area contributed by atoms with Crippen molar-refractivity contribution >= 4 is 11.6 Å². The van der Waals surface area contributed by atoms with Gasteiger partial charge in [0.05, 0.1) is 11.5 Å². The van der Waals surface area contributed by atoms with Crippen LogP contribution in [0.15, 0.2) is 29.3 Å². The molecule has 0 saturated carbocycles. The summed E-state index contributed by atoms with van der Waals surface area (Å²) in [5.41, 5.74) is 1.10. The van der Waals surface area contributed by atoms with Crippen molar-refractivity contribution in [2.45, 2.75) is 6.42 Å². The van der Waals surface area contributed by atoms with Gasteiger partial charge >= 0.3 is 0 Å². The fourth-order valence-corrected chi connectivity index (χ4v) is 1.87. The van der Waals surface area contributed by atoms with Gasteiger partial charge in [0.15, 0.2) is 5.96 Å². The van der Waals surface area contributed by atoms with Gasteiger partial charge in [0.1, 0.15) is 0 Å². The Labute approximate surface area is 105 Å². The topological polar surface area (TPSA) is 70.8 Å². The van der Waals surface area contributed by atoms with Crippen LogP contribution in [0.3, 0.4) is 0 Å². The number of rotatable bonds is 4. The molecule has 2 rings (SSSR count). The molecule has 0 amide bonds. The molecule has 0 aliphatic carbocycles. The first-order valence-electron chi connectivity index (χ1n) is 5.89. The Morgan fingerprint density at radius 3 is 3.06 bits per heavy atom. The summed E-state index contributed by atoms with van der Waals surface area (Å²) in [6.45, 7) is 2.50. The third kappa shape index (κ3) is 2.97. The zero-order valence-corrected chi connectivity index (χ0v) is 10.3. The van der Waals surface area contributed by atoms with Crippen LogP contribution >= 0.6 is 0 Å². The lowest BCUT2D eigenvalue weighted by Gasteiger charge is -2.14. The summed E-state index contributed by atoms with van der Waals surface area (Å²) in [5.74, 6) is 0.903. The third-order valence-electron chi connectivity index (χ3n) is 2.88. The summed E-state index contributed by atoms with van der Waals surface area (Å²) in [7, 11) is 1.99. The number of nitrogens with one attached hydrogen (secondary N) is 1. The monoisotopic (exact) mass is 248 g/mol. The van der Waals surface area contributed by atoms with Crippen molar-refractivity contribution in [2.24, 2.45) is 4.99 Å². The number of hydrogen-bond donors (Lipinski definition) is 1. The van der Waals surface area contributed by atoms with Crippen molar-refractivity contribution in [2.75, 3.05) is 26.7 Å². The van der Waals surface area contributed by atoms with Gasteiger partial charge in [-0.1, -0.05) is 12.1 Å². The quantitative estimate of drug-likeness (QED) is 0.638. The van der Waals surface area contributed by atoms with Gasteiger partial charge in [-0.05, 0) is 12.0 Å². The van der Waals surface area contributed by atoms with E-state index in [-0.39, 0.29) is 10.6 Å². The maximum Gasteiger partial charge on any atom is 0.269 e. The molecule has 1 aromatic carbocycles. The summed E-state index contributed by atoms with van der Waals surface area (Å²) in [6, 6.07) is 6.73. The third-order valence-corrected chi connectivity index (χ3v) is 2.88. The van der Waals surface area contributed by atoms with Gasteiger partial charge in [-0.2, -0.15) is 0 Å². The number of hydrogen-bond acceptors (Lipinski definition) is 5. The van der Waals surface area contributed by atoms with E-state index in [0.717, 1.165) is 37.6 Å². The van der Waals surface area contributed by atoms with Crippen molar-refractivity contribution in [3.05, 3.63) is 39.9 Å². The van der Waals surface area contributed by atoms with Gasteiger partial charge in [-0.15, -0.1) is 0 Å². The smallest absolute Gasteiger partial charge is 0.269 e. The van der Waals surface area contributed by atoms with E-state index in [9.17, 15) is 10.1 Å². The molecule has 0 spiro atoms. The summed E-state index contributed by atoms with van der Waals surface area (Å²) < 4.78 is 0. The number of guanidine groups is 1. The maximum atomic E-state index is 10.6. The molecule has 1 aromatic rings. The minimum Gasteiger partial charge on any atom is -0.356 e. The van der Waals surface area contributed by atoms with Gasteiger partial charge in [0.2, 0.25) is 0 Å². The molecule has 6 nitrogen and oxygen atoms in total. The Bertz CT molecular complexity index is 473. The number of nitrogens with zero attached hydrogens (tertiary/aromatic N) is 3. The lowest BCUT2D eigenvalue weighted by molar-refractivity contribution is -0.384. The highest BCUT2D eigenvalue weighted by molar-refractivity contribution is 5.81. The highest BCUT2D eigenvalue weighted by Gasteiger charge is 2.11. The van der Waals surface area contributed by atoms with Gasteiger partial charge in [-0.25, -0.2) is 0 Å². The van der Waals surface area contributed by atoms with Crippen LogP contribution in [-0.4, -0.2) is 42.5 Å². The van der Waals surface area contributed by atoms with E-state index in [0.29, 0.717) is 0 Å². The van der Waals surface area contributed by atoms with E-state index in [1.165, 1.54) is 6.07 Å². The molecular weight excluding hydrogens is 232 g/mol. The number of non-ortho nitro benzene ring substituents is 1. The normalized spacial score (nSPS) is 14.5. The molecule has 18 heavy (non-hydrogen) atoms. The van der Waals surface area contributed by atoms with Crippen molar-refractivity contribution in [3.63, 3.8) is 0 Å². The van der Waals surface area contributed by atoms with Gasteiger partial charge in [-0.3, -0.25) is 15.1 Å². The predicted octanol–water partition coefficient (Wildman–Crippen LogP) is 1.03. The summed E-state index contributed by atoms with van der Waals surface area (Å²) >= 11 is 0. The van der Waals surface area contributed by atoms with Crippen LogP contribution in [0.2, 0.25) is 0 Å². The van der Waals surface area contributed by atoms with E-state index in [1.807, 2.05) is 13.1 Å². The summed E-state index contributed by atoms with van der Waals surface area (Å²) in [5, 5.41) is 13.9. The molecule has 1 heterocycles. The second kappa shape index (κ2) is 5.48. The van der Waals surface area contributed by atoms with Crippen LogP contribution in [0, 0.1) is 10.1 Å². The van der Waals surface area contributed by atoms with Crippen LogP contribution in [0.4, 0.5) is 5.69 Å². The number of aliphatic imine (C=N–C) groups is 1. The first-order chi connectivity index (χ1) is 8.66. The Morgan fingerprint density at radius 2 is 2.39 bits per heavy atom. The van der Waals surface area contributed by atoms with E-state index in [4.69, 9.17) is 0 Å². The molecule has 0 unspecified atom stereocenters. The first-order valence-corrected chi connectivity index (χ1v) is 5.89. The molecule has 0 saturated heterocycles. The molecular formula is C12H16N4O2. The van der Waals surface area contributed by atoms with Crippen LogP contribution < -0.4 is 5.32 Å². The Kier molecular flexibility index (Phi) is 3.76. The number of nitro groups is 1.